The highest BCUT2D eigenvalue weighted by Crippen LogP contribution is 2.42. The van der Waals surface area contributed by atoms with Crippen molar-refractivity contribution in [1.29, 1.82) is 0 Å². The molecule has 2 nitrogen and oxygen atoms in total. The second-order valence-electron chi connectivity index (χ2n) is 13.4. The van der Waals surface area contributed by atoms with E-state index in [1.807, 2.05) is 0 Å². The molecule has 0 N–H and O–H groups in total. The number of aromatic nitrogens is 1. The average Bonchev–Trinajstić information content (AvgIpc) is 3.55. The zero-order valence-electron chi connectivity index (χ0n) is 28.5. The molecule has 9 aromatic carbocycles. The normalized spacial score (nSPS) is 11.5. The topological polar surface area (TPSA) is 8.17 Å². The van der Waals surface area contributed by atoms with Crippen LogP contribution in [0.1, 0.15) is 0 Å². The van der Waals surface area contributed by atoms with E-state index in [0.29, 0.717) is 0 Å². The van der Waals surface area contributed by atoms with Crippen LogP contribution >= 0.6 is 0 Å². The minimum Gasteiger partial charge on any atom is -0.310 e. The van der Waals surface area contributed by atoms with Crippen molar-refractivity contribution >= 4 is 60.4 Å². The van der Waals surface area contributed by atoms with Crippen LogP contribution in [0, 0.1) is 0 Å². The SMILES string of the molecule is c1ccc(-c2cccc(N(c3ccc(-c4cccc5c4ccc4ccccc45)cc3)c3ccc4c(c3)c3ccccc3n4-c3ccccc3)c2)cc1. The first kappa shape index (κ1) is 30.0. The van der Waals surface area contributed by atoms with E-state index in [1.165, 1.54) is 65.6 Å². The minimum atomic E-state index is 1.10. The summed E-state index contributed by atoms with van der Waals surface area (Å²) in [7, 11) is 0. The summed E-state index contributed by atoms with van der Waals surface area (Å²) in [5.74, 6) is 0. The van der Waals surface area contributed by atoms with Gasteiger partial charge in [0.2, 0.25) is 0 Å². The standard InChI is InChI=1S/C50H34N2/c1-3-13-35(14-4-1)38-16-11-19-41(33-38)51(42-30-32-50-48(34-42)47-21-9-10-24-49(47)52(50)39-17-5-2-6-18-39)40-28-25-37(26-29-40)44-22-12-23-45-43-20-8-7-15-36(43)27-31-46(44)45/h1-34H. The van der Waals surface area contributed by atoms with Gasteiger partial charge in [0.05, 0.1) is 11.0 Å². The van der Waals surface area contributed by atoms with Crippen molar-refractivity contribution in [2.45, 2.75) is 0 Å². The summed E-state index contributed by atoms with van der Waals surface area (Å²) in [5.41, 5.74) is 11.7. The lowest BCUT2D eigenvalue weighted by Crippen LogP contribution is -2.10. The number of nitrogens with zero attached hydrogens (tertiary/aromatic N) is 2. The maximum atomic E-state index is 2.39. The smallest absolute Gasteiger partial charge is 0.0542 e. The summed E-state index contributed by atoms with van der Waals surface area (Å²) in [5, 5.41) is 7.55. The summed E-state index contributed by atoms with van der Waals surface area (Å²) in [6, 6.07) is 74.7. The van der Waals surface area contributed by atoms with Gasteiger partial charge < -0.3 is 9.47 Å². The minimum absolute atomic E-state index is 1.10. The molecule has 244 valence electrons. The van der Waals surface area contributed by atoms with Gasteiger partial charge in [-0.2, -0.15) is 0 Å². The summed E-state index contributed by atoms with van der Waals surface area (Å²) in [6.45, 7) is 0. The van der Waals surface area contributed by atoms with Crippen LogP contribution in [0.5, 0.6) is 0 Å². The lowest BCUT2D eigenvalue weighted by atomic mass is 9.94. The molecule has 0 amide bonds. The van der Waals surface area contributed by atoms with Gasteiger partial charge in [0.25, 0.3) is 0 Å². The van der Waals surface area contributed by atoms with E-state index >= 15 is 0 Å². The third-order valence-electron chi connectivity index (χ3n) is 10.4. The van der Waals surface area contributed by atoms with E-state index in [-0.39, 0.29) is 0 Å². The van der Waals surface area contributed by atoms with Crippen molar-refractivity contribution in [2.24, 2.45) is 0 Å². The zero-order chi connectivity index (χ0) is 34.4. The second-order valence-corrected chi connectivity index (χ2v) is 13.4. The van der Waals surface area contributed by atoms with Gasteiger partial charge in [-0.15, -0.1) is 0 Å². The molecule has 10 aromatic rings. The Morgan fingerprint density at radius 2 is 0.942 bits per heavy atom. The van der Waals surface area contributed by atoms with E-state index in [4.69, 9.17) is 0 Å². The van der Waals surface area contributed by atoms with Gasteiger partial charge >= 0.3 is 0 Å². The maximum absolute atomic E-state index is 2.39. The van der Waals surface area contributed by atoms with E-state index in [2.05, 4.69) is 216 Å². The van der Waals surface area contributed by atoms with Crippen molar-refractivity contribution in [3.8, 4) is 27.9 Å². The summed E-state index contributed by atoms with van der Waals surface area (Å²) < 4.78 is 2.37. The van der Waals surface area contributed by atoms with Crippen LogP contribution in [0.2, 0.25) is 0 Å². The first-order valence-corrected chi connectivity index (χ1v) is 17.9. The Kier molecular flexibility index (Phi) is 7.18. The van der Waals surface area contributed by atoms with Gasteiger partial charge in [0, 0.05) is 33.5 Å². The van der Waals surface area contributed by atoms with Crippen LogP contribution in [-0.2, 0) is 0 Å². The maximum Gasteiger partial charge on any atom is 0.0542 e. The van der Waals surface area contributed by atoms with Gasteiger partial charge in [-0.05, 0) is 104 Å². The van der Waals surface area contributed by atoms with Gasteiger partial charge in [0.1, 0.15) is 0 Å². The molecule has 10 rings (SSSR count). The molecule has 0 aliphatic rings. The Morgan fingerprint density at radius 1 is 0.308 bits per heavy atom. The summed E-state index contributed by atoms with van der Waals surface area (Å²) >= 11 is 0. The zero-order valence-corrected chi connectivity index (χ0v) is 28.5. The highest BCUT2D eigenvalue weighted by molar-refractivity contribution is 6.12. The second kappa shape index (κ2) is 12.5. The Morgan fingerprint density at radius 3 is 1.79 bits per heavy atom. The highest BCUT2D eigenvalue weighted by Gasteiger charge is 2.18. The van der Waals surface area contributed by atoms with Crippen molar-refractivity contribution in [3.05, 3.63) is 206 Å². The first-order valence-electron chi connectivity index (χ1n) is 17.9. The van der Waals surface area contributed by atoms with Crippen LogP contribution < -0.4 is 4.90 Å². The fourth-order valence-corrected chi connectivity index (χ4v) is 7.94. The van der Waals surface area contributed by atoms with Crippen LogP contribution in [-0.4, -0.2) is 4.57 Å². The summed E-state index contributed by atoms with van der Waals surface area (Å²) in [6.07, 6.45) is 0. The van der Waals surface area contributed by atoms with Gasteiger partial charge in [-0.25, -0.2) is 0 Å². The van der Waals surface area contributed by atoms with Crippen LogP contribution in [0.25, 0.3) is 71.3 Å². The molecule has 0 bridgehead atoms. The molecular weight excluding hydrogens is 629 g/mol. The van der Waals surface area contributed by atoms with Crippen molar-refractivity contribution in [1.82, 2.24) is 4.57 Å². The van der Waals surface area contributed by atoms with Gasteiger partial charge in [-0.3, -0.25) is 0 Å². The molecule has 0 aliphatic heterocycles. The number of hydrogen-bond acceptors (Lipinski definition) is 1. The number of para-hydroxylation sites is 2. The molecule has 2 heteroatoms. The first-order chi connectivity index (χ1) is 25.8. The molecule has 52 heavy (non-hydrogen) atoms. The summed E-state index contributed by atoms with van der Waals surface area (Å²) in [4.78, 5) is 2.39. The van der Waals surface area contributed by atoms with Crippen LogP contribution in [0.15, 0.2) is 206 Å². The average molecular weight is 663 g/mol. The fraction of sp³-hybridized carbons (Fsp3) is 0. The molecular formula is C50H34N2. The number of fused-ring (bicyclic) bond motifs is 6. The Hall–Kier alpha value is -6.90. The molecule has 0 atom stereocenters. The van der Waals surface area contributed by atoms with E-state index in [9.17, 15) is 0 Å². The third-order valence-corrected chi connectivity index (χ3v) is 10.4. The molecule has 1 aromatic heterocycles. The molecule has 0 radical (unpaired) electrons. The number of hydrogen-bond donors (Lipinski definition) is 0. The molecule has 0 spiro atoms. The van der Waals surface area contributed by atoms with Crippen LogP contribution in [0.3, 0.4) is 0 Å². The Bertz CT molecular complexity index is 2890. The molecule has 0 fully saturated rings. The number of rotatable bonds is 6. The third kappa shape index (κ3) is 5.04. The molecule has 0 aliphatic carbocycles. The highest BCUT2D eigenvalue weighted by atomic mass is 15.1. The predicted octanol–water partition coefficient (Wildman–Crippen LogP) is 13.9. The van der Waals surface area contributed by atoms with Crippen molar-refractivity contribution in [3.63, 3.8) is 0 Å². The predicted molar refractivity (Wildman–Crippen MR) is 221 cm³/mol. The molecule has 0 saturated carbocycles. The number of anilines is 3. The largest absolute Gasteiger partial charge is 0.310 e. The monoisotopic (exact) mass is 662 g/mol. The van der Waals surface area contributed by atoms with Gasteiger partial charge in [-0.1, -0.05) is 146 Å². The fourth-order valence-electron chi connectivity index (χ4n) is 7.94. The van der Waals surface area contributed by atoms with Crippen molar-refractivity contribution < 1.29 is 0 Å². The van der Waals surface area contributed by atoms with Gasteiger partial charge in [0.15, 0.2) is 0 Å². The molecule has 0 unspecified atom stereocenters. The molecule has 1 heterocycles. The Labute approximate surface area is 303 Å². The lowest BCUT2D eigenvalue weighted by Gasteiger charge is -2.26. The Balaban J connectivity index is 1.14. The van der Waals surface area contributed by atoms with E-state index in [0.717, 1.165) is 22.7 Å². The quantitative estimate of drug-likeness (QED) is 0.161. The molecule has 0 saturated heterocycles. The van der Waals surface area contributed by atoms with Crippen molar-refractivity contribution in [2.75, 3.05) is 4.90 Å². The van der Waals surface area contributed by atoms with Crippen LogP contribution in [0.4, 0.5) is 17.1 Å². The lowest BCUT2D eigenvalue weighted by molar-refractivity contribution is 1.18. The van der Waals surface area contributed by atoms with E-state index < -0.39 is 0 Å². The number of benzene rings is 9. The van der Waals surface area contributed by atoms with E-state index in [1.54, 1.807) is 0 Å².